The highest BCUT2D eigenvalue weighted by Gasteiger charge is 2.53. The summed E-state index contributed by atoms with van der Waals surface area (Å²) in [6.07, 6.45) is -14.0. The van der Waals surface area contributed by atoms with E-state index in [1.165, 1.54) is 11.0 Å². The zero-order valence-corrected chi connectivity index (χ0v) is 18.3. The highest BCUT2D eigenvalue weighted by atomic mass is 19.4. The SMILES string of the molecule is CC(C)(C)N1CCN(C(=O)[C@@H]2CN(c3ccc(C#N)c(C(F)(F)F)c3)[C@@H](C(F)(F)F)O2)CC1. The minimum atomic E-state index is -4.95. The molecule has 0 unspecified atom stereocenters. The number of nitriles is 1. The second-order valence-electron chi connectivity index (χ2n) is 8.99. The summed E-state index contributed by atoms with van der Waals surface area (Å²) in [5, 5.41) is 8.93. The van der Waals surface area contributed by atoms with E-state index in [4.69, 9.17) is 10.00 Å². The third-order valence-electron chi connectivity index (χ3n) is 5.79. The minimum Gasteiger partial charge on any atom is -0.338 e. The number of hydrogen-bond acceptors (Lipinski definition) is 5. The van der Waals surface area contributed by atoms with Crippen LogP contribution in [0.4, 0.5) is 32.0 Å². The van der Waals surface area contributed by atoms with E-state index < -0.39 is 54.0 Å². The topological polar surface area (TPSA) is 59.8 Å². The van der Waals surface area contributed by atoms with E-state index in [1.807, 2.05) is 20.8 Å². The van der Waals surface area contributed by atoms with Crippen molar-refractivity contribution in [2.24, 2.45) is 0 Å². The Kier molecular flexibility index (Phi) is 6.61. The summed E-state index contributed by atoms with van der Waals surface area (Å²) in [6.45, 7) is 7.18. The molecule has 182 valence electrons. The van der Waals surface area contributed by atoms with E-state index in [0.717, 1.165) is 12.1 Å². The van der Waals surface area contributed by atoms with Gasteiger partial charge in [0.05, 0.1) is 23.7 Å². The molecule has 2 saturated heterocycles. The van der Waals surface area contributed by atoms with Gasteiger partial charge in [-0.15, -0.1) is 0 Å². The molecule has 3 rings (SSSR count). The van der Waals surface area contributed by atoms with Gasteiger partial charge in [-0.25, -0.2) is 0 Å². The van der Waals surface area contributed by atoms with Crippen molar-refractivity contribution in [3.8, 4) is 6.07 Å². The number of anilines is 1. The van der Waals surface area contributed by atoms with Crippen LogP contribution < -0.4 is 4.90 Å². The van der Waals surface area contributed by atoms with Crippen molar-refractivity contribution < 1.29 is 35.9 Å². The molecule has 0 spiro atoms. The first-order chi connectivity index (χ1) is 15.1. The molecule has 12 heteroatoms. The first kappa shape index (κ1) is 25.1. The minimum absolute atomic E-state index is 0.122. The molecule has 1 amide bonds. The molecule has 2 atom stereocenters. The molecule has 0 N–H and O–H groups in total. The van der Waals surface area contributed by atoms with Crippen LogP contribution in [-0.4, -0.2) is 72.5 Å². The van der Waals surface area contributed by atoms with Gasteiger partial charge < -0.3 is 14.5 Å². The molecule has 2 aliphatic rings. The summed E-state index contributed by atoms with van der Waals surface area (Å²) >= 11 is 0. The molecule has 6 nitrogen and oxygen atoms in total. The Hall–Kier alpha value is -2.52. The number of benzene rings is 1. The van der Waals surface area contributed by atoms with Gasteiger partial charge in [0, 0.05) is 37.4 Å². The normalized spacial score (nSPS) is 23.0. The number of hydrogen-bond donors (Lipinski definition) is 0. The summed E-state index contributed by atoms with van der Waals surface area (Å²) in [5.74, 6) is -0.634. The number of carbonyl (C=O) groups is 1. The van der Waals surface area contributed by atoms with Crippen molar-refractivity contribution in [2.75, 3.05) is 37.6 Å². The number of nitrogens with zero attached hydrogens (tertiary/aromatic N) is 4. The van der Waals surface area contributed by atoms with Crippen molar-refractivity contribution in [2.45, 2.75) is 51.0 Å². The number of piperazine rings is 1. The summed E-state index contributed by atoms with van der Waals surface area (Å²) < 4.78 is 86.0. The summed E-state index contributed by atoms with van der Waals surface area (Å²) in [5.41, 5.74) is -2.62. The van der Waals surface area contributed by atoms with Crippen molar-refractivity contribution in [3.63, 3.8) is 0 Å². The Labute approximate surface area is 187 Å². The Morgan fingerprint density at radius 3 is 2.15 bits per heavy atom. The summed E-state index contributed by atoms with van der Waals surface area (Å²) in [6, 6.07) is 3.67. The van der Waals surface area contributed by atoms with Crippen molar-refractivity contribution >= 4 is 11.6 Å². The lowest BCUT2D eigenvalue weighted by Crippen LogP contribution is -2.56. The number of amides is 1. The molecule has 0 aromatic heterocycles. The fourth-order valence-electron chi connectivity index (χ4n) is 4.02. The van der Waals surface area contributed by atoms with Crippen LogP contribution in [0.1, 0.15) is 31.9 Å². The maximum absolute atomic E-state index is 13.7. The average molecular weight is 478 g/mol. The predicted molar refractivity (Wildman–Crippen MR) is 106 cm³/mol. The maximum Gasteiger partial charge on any atom is 0.433 e. The fraction of sp³-hybridized carbons (Fsp3) is 0.619. The van der Waals surface area contributed by atoms with Crippen LogP contribution >= 0.6 is 0 Å². The highest BCUT2D eigenvalue weighted by Crippen LogP contribution is 2.39. The second kappa shape index (κ2) is 8.68. The van der Waals surface area contributed by atoms with E-state index in [0.29, 0.717) is 37.1 Å². The molecule has 0 saturated carbocycles. The fourth-order valence-corrected chi connectivity index (χ4v) is 4.02. The van der Waals surface area contributed by atoms with Crippen LogP contribution in [0.2, 0.25) is 0 Å². The summed E-state index contributed by atoms with van der Waals surface area (Å²) in [4.78, 5) is 17.1. The van der Waals surface area contributed by atoms with Crippen LogP contribution in [0.15, 0.2) is 18.2 Å². The first-order valence-electron chi connectivity index (χ1n) is 10.3. The zero-order chi connectivity index (χ0) is 24.8. The van der Waals surface area contributed by atoms with Crippen molar-refractivity contribution in [1.82, 2.24) is 9.80 Å². The molecule has 1 aromatic carbocycles. The van der Waals surface area contributed by atoms with E-state index in [2.05, 4.69) is 4.90 Å². The van der Waals surface area contributed by atoms with Gasteiger partial charge in [-0.2, -0.15) is 31.6 Å². The number of rotatable bonds is 2. The standard InChI is InChI=1S/C21H24F6N4O2/c1-19(2,3)30-8-6-29(7-9-30)17(32)16-12-31(18(33-16)21(25,26)27)14-5-4-13(11-28)15(10-14)20(22,23)24/h4-5,10,16,18H,6-9,12H2,1-3H3/t16-,18+/m0/s1. The Morgan fingerprint density at radius 2 is 1.67 bits per heavy atom. The number of ether oxygens (including phenoxy) is 1. The number of halogens is 6. The van der Waals surface area contributed by atoms with Crippen LogP contribution in [0.3, 0.4) is 0 Å². The van der Waals surface area contributed by atoms with Crippen LogP contribution in [0.25, 0.3) is 0 Å². The van der Waals surface area contributed by atoms with Crippen LogP contribution in [-0.2, 0) is 15.7 Å². The smallest absolute Gasteiger partial charge is 0.338 e. The maximum atomic E-state index is 13.7. The van der Waals surface area contributed by atoms with Gasteiger partial charge in [-0.1, -0.05) is 0 Å². The molecule has 2 fully saturated rings. The van der Waals surface area contributed by atoms with Crippen LogP contribution in [0.5, 0.6) is 0 Å². The molecule has 0 bridgehead atoms. The van der Waals surface area contributed by atoms with Crippen LogP contribution in [0, 0.1) is 11.3 Å². The van der Waals surface area contributed by atoms with Gasteiger partial charge in [0.2, 0.25) is 6.23 Å². The van der Waals surface area contributed by atoms with Gasteiger partial charge >= 0.3 is 12.4 Å². The first-order valence-corrected chi connectivity index (χ1v) is 10.3. The van der Waals surface area contributed by atoms with Crippen molar-refractivity contribution in [3.05, 3.63) is 29.3 Å². The van der Waals surface area contributed by atoms with Gasteiger partial charge in [0.1, 0.15) is 0 Å². The number of carbonyl (C=O) groups excluding carboxylic acids is 1. The monoisotopic (exact) mass is 478 g/mol. The average Bonchev–Trinajstić information content (AvgIpc) is 3.17. The van der Waals surface area contributed by atoms with E-state index in [9.17, 15) is 31.1 Å². The summed E-state index contributed by atoms with van der Waals surface area (Å²) in [7, 11) is 0. The lowest BCUT2D eigenvalue weighted by molar-refractivity contribution is -0.215. The van der Waals surface area contributed by atoms with E-state index >= 15 is 0 Å². The van der Waals surface area contributed by atoms with Crippen molar-refractivity contribution in [1.29, 1.82) is 5.26 Å². The van der Waals surface area contributed by atoms with Gasteiger partial charge in [-0.05, 0) is 39.0 Å². The van der Waals surface area contributed by atoms with E-state index in [-0.39, 0.29) is 5.54 Å². The third kappa shape index (κ3) is 5.35. The lowest BCUT2D eigenvalue weighted by atomic mass is 10.0. The predicted octanol–water partition coefficient (Wildman–Crippen LogP) is 3.61. The molecule has 0 radical (unpaired) electrons. The van der Waals surface area contributed by atoms with Gasteiger partial charge in [-0.3, -0.25) is 9.69 Å². The molecule has 1 aromatic rings. The Balaban J connectivity index is 1.83. The largest absolute Gasteiger partial charge is 0.433 e. The molecular formula is C21H24F6N4O2. The molecule has 2 heterocycles. The highest BCUT2D eigenvalue weighted by molar-refractivity contribution is 5.82. The quantitative estimate of drug-likeness (QED) is 0.608. The third-order valence-corrected chi connectivity index (χ3v) is 5.79. The Bertz CT molecular complexity index is 927. The van der Waals surface area contributed by atoms with Gasteiger partial charge in [0.15, 0.2) is 6.10 Å². The Morgan fingerprint density at radius 1 is 1.06 bits per heavy atom. The van der Waals surface area contributed by atoms with E-state index in [1.54, 1.807) is 0 Å². The van der Waals surface area contributed by atoms with Gasteiger partial charge in [0.25, 0.3) is 5.91 Å². The second-order valence-corrected chi connectivity index (χ2v) is 8.99. The number of alkyl halides is 6. The molecular weight excluding hydrogens is 454 g/mol. The lowest BCUT2D eigenvalue weighted by Gasteiger charge is -2.42. The molecule has 33 heavy (non-hydrogen) atoms. The molecule has 0 aliphatic carbocycles. The molecule has 2 aliphatic heterocycles. The zero-order valence-electron chi connectivity index (χ0n) is 18.3.